The number of nitrogens with zero attached hydrogens (tertiary/aromatic N) is 1. The summed E-state index contributed by atoms with van der Waals surface area (Å²) in [5.41, 5.74) is 21.4. The Bertz CT molecular complexity index is 859. The Labute approximate surface area is 214 Å². The van der Waals surface area contributed by atoms with E-state index in [2.05, 4.69) is 20.9 Å². The van der Waals surface area contributed by atoms with Crippen molar-refractivity contribution < 1.29 is 39.0 Å². The maximum Gasteiger partial charge on any atom is 0.326 e. The van der Waals surface area contributed by atoms with E-state index in [0.29, 0.717) is 0 Å². The maximum atomic E-state index is 12.9. The molecule has 0 aliphatic heterocycles. The van der Waals surface area contributed by atoms with Crippen LogP contribution in [0.2, 0.25) is 0 Å². The van der Waals surface area contributed by atoms with E-state index in [1.54, 1.807) is 13.8 Å². The van der Waals surface area contributed by atoms with Gasteiger partial charge < -0.3 is 49.1 Å². The highest BCUT2D eigenvalue weighted by atomic mass is 16.4. The largest absolute Gasteiger partial charge is 0.481 e. The normalized spacial score (nSPS) is 13.9. The molecular formula is C21H38N8O8. The minimum absolute atomic E-state index is 0.0537. The number of carbonyl (C=O) groups excluding carboxylic acids is 4. The lowest BCUT2D eigenvalue weighted by atomic mass is 10.0. The number of hydrogen-bond acceptors (Lipinski definition) is 8. The van der Waals surface area contributed by atoms with E-state index >= 15 is 0 Å². The van der Waals surface area contributed by atoms with Crippen molar-refractivity contribution in [3.8, 4) is 0 Å². The average molecular weight is 531 g/mol. The molecule has 4 amide bonds. The van der Waals surface area contributed by atoms with Gasteiger partial charge in [-0.15, -0.1) is 0 Å². The maximum absolute atomic E-state index is 12.9. The molecule has 0 saturated heterocycles. The Balaban J connectivity index is 5.61. The van der Waals surface area contributed by atoms with Gasteiger partial charge in [0.1, 0.15) is 18.1 Å². The second-order valence-electron chi connectivity index (χ2n) is 8.68. The van der Waals surface area contributed by atoms with Crippen LogP contribution < -0.4 is 38.9 Å². The number of amides is 4. The molecule has 0 saturated carbocycles. The summed E-state index contributed by atoms with van der Waals surface area (Å²) in [5, 5.41) is 25.5. The van der Waals surface area contributed by atoms with Crippen LogP contribution in [-0.2, 0) is 28.8 Å². The molecule has 37 heavy (non-hydrogen) atoms. The highest BCUT2D eigenvalue weighted by molar-refractivity contribution is 5.94. The van der Waals surface area contributed by atoms with E-state index in [9.17, 15) is 33.9 Å². The fourth-order valence-electron chi connectivity index (χ4n) is 2.97. The van der Waals surface area contributed by atoms with Crippen molar-refractivity contribution in [1.82, 2.24) is 16.0 Å². The van der Waals surface area contributed by atoms with E-state index in [-0.39, 0.29) is 50.5 Å². The smallest absolute Gasteiger partial charge is 0.326 e. The predicted octanol–water partition coefficient (Wildman–Crippen LogP) is -3.31. The first-order valence-electron chi connectivity index (χ1n) is 11.6. The zero-order chi connectivity index (χ0) is 28.7. The summed E-state index contributed by atoms with van der Waals surface area (Å²) < 4.78 is 0. The summed E-state index contributed by atoms with van der Waals surface area (Å²) in [4.78, 5) is 75.8. The van der Waals surface area contributed by atoms with Crippen LogP contribution >= 0.6 is 0 Å². The number of aliphatic carboxylic acids is 2. The van der Waals surface area contributed by atoms with Crippen molar-refractivity contribution >= 4 is 41.5 Å². The molecular weight excluding hydrogens is 492 g/mol. The van der Waals surface area contributed by atoms with Gasteiger partial charge in [-0.2, -0.15) is 0 Å². The molecule has 210 valence electrons. The molecule has 0 aromatic carbocycles. The quantitative estimate of drug-likeness (QED) is 0.0480. The van der Waals surface area contributed by atoms with Gasteiger partial charge in [0.05, 0.1) is 6.04 Å². The van der Waals surface area contributed by atoms with Crippen LogP contribution in [0.25, 0.3) is 0 Å². The first kappa shape index (κ1) is 33.0. The predicted molar refractivity (Wildman–Crippen MR) is 131 cm³/mol. The Kier molecular flexibility index (Phi) is 14.9. The molecule has 16 nitrogen and oxygen atoms in total. The number of guanidine groups is 1. The number of carboxylic acids is 2. The van der Waals surface area contributed by atoms with E-state index < -0.39 is 66.2 Å². The third kappa shape index (κ3) is 14.3. The van der Waals surface area contributed by atoms with Gasteiger partial charge in [0, 0.05) is 19.4 Å². The zero-order valence-corrected chi connectivity index (χ0v) is 20.9. The van der Waals surface area contributed by atoms with Crippen LogP contribution in [0, 0.1) is 5.92 Å². The van der Waals surface area contributed by atoms with Crippen molar-refractivity contribution in [2.24, 2.45) is 33.8 Å². The summed E-state index contributed by atoms with van der Waals surface area (Å²) in [6, 6.07) is -5.12. The van der Waals surface area contributed by atoms with Crippen LogP contribution in [0.3, 0.4) is 0 Å². The fourth-order valence-corrected chi connectivity index (χ4v) is 2.97. The molecule has 0 aliphatic rings. The molecule has 16 heteroatoms. The summed E-state index contributed by atoms with van der Waals surface area (Å²) >= 11 is 0. The highest BCUT2D eigenvalue weighted by Crippen LogP contribution is 2.07. The van der Waals surface area contributed by atoms with E-state index in [1.165, 1.54) is 0 Å². The SMILES string of the molecule is CC(C)C(N)C(=O)NC(CCC(N)=O)C(=O)NC(CCC(=O)O)C(=O)NC(CCCN=C(N)N)C(=O)O. The third-order valence-electron chi connectivity index (χ3n) is 5.17. The number of hydrogen-bond donors (Lipinski definition) is 9. The van der Waals surface area contributed by atoms with Gasteiger partial charge in [0.25, 0.3) is 0 Å². The minimum Gasteiger partial charge on any atom is -0.481 e. The number of nitrogens with one attached hydrogen (secondary N) is 3. The Morgan fingerprint density at radius 1 is 0.757 bits per heavy atom. The van der Waals surface area contributed by atoms with Gasteiger partial charge in [0.2, 0.25) is 23.6 Å². The average Bonchev–Trinajstić information content (AvgIpc) is 2.79. The molecule has 4 unspecified atom stereocenters. The van der Waals surface area contributed by atoms with Crippen molar-refractivity contribution in [2.45, 2.75) is 76.5 Å². The van der Waals surface area contributed by atoms with E-state index in [0.717, 1.165) is 0 Å². The van der Waals surface area contributed by atoms with Crippen LogP contribution in [-0.4, -0.2) is 82.5 Å². The molecule has 13 N–H and O–H groups in total. The van der Waals surface area contributed by atoms with Gasteiger partial charge in [-0.05, 0) is 31.6 Å². The molecule has 4 atom stereocenters. The zero-order valence-electron chi connectivity index (χ0n) is 20.9. The molecule has 0 rings (SSSR count). The summed E-state index contributed by atoms with van der Waals surface area (Å²) in [6.45, 7) is 3.48. The van der Waals surface area contributed by atoms with Gasteiger partial charge in [-0.3, -0.25) is 29.0 Å². The highest BCUT2D eigenvalue weighted by Gasteiger charge is 2.31. The molecule has 0 aromatic heterocycles. The minimum atomic E-state index is -1.46. The first-order valence-corrected chi connectivity index (χ1v) is 11.6. The lowest BCUT2D eigenvalue weighted by Gasteiger charge is -2.25. The summed E-state index contributed by atoms with van der Waals surface area (Å²) in [6.07, 6.45) is -1.25. The van der Waals surface area contributed by atoms with Crippen LogP contribution in [0.15, 0.2) is 4.99 Å². The molecule has 0 spiro atoms. The number of aliphatic imine (C=N–C) groups is 1. The van der Waals surface area contributed by atoms with Crippen molar-refractivity contribution in [3.63, 3.8) is 0 Å². The van der Waals surface area contributed by atoms with Crippen LogP contribution in [0.5, 0.6) is 0 Å². The second-order valence-corrected chi connectivity index (χ2v) is 8.68. The van der Waals surface area contributed by atoms with Crippen molar-refractivity contribution in [2.75, 3.05) is 6.54 Å². The molecule has 0 heterocycles. The van der Waals surface area contributed by atoms with Gasteiger partial charge in [-0.25, -0.2) is 4.79 Å². The molecule has 0 fully saturated rings. The number of carboxylic acid groups (broad SMARTS) is 2. The molecule has 0 radical (unpaired) electrons. The van der Waals surface area contributed by atoms with Crippen molar-refractivity contribution in [1.29, 1.82) is 0 Å². The van der Waals surface area contributed by atoms with Gasteiger partial charge >= 0.3 is 11.9 Å². The van der Waals surface area contributed by atoms with Gasteiger partial charge in [0.15, 0.2) is 5.96 Å². The van der Waals surface area contributed by atoms with E-state index in [4.69, 9.17) is 28.0 Å². The summed E-state index contributed by atoms with van der Waals surface area (Å²) in [7, 11) is 0. The number of carbonyl (C=O) groups is 6. The fraction of sp³-hybridized carbons (Fsp3) is 0.667. The lowest BCUT2D eigenvalue weighted by molar-refractivity contribution is -0.143. The topological polar surface area (TPSA) is 295 Å². The first-order chi connectivity index (χ1) is 17.1. The molecule has 0 bridgehead atoms. The Morgan fingerprint density at radius 3 is 1.68 bits per heavy atom. The Hall–Kier alpha value is -3.95. The van der Waals surface area contributed by atoms with Crippen LogP contribution in [0.4, 0.5) is 0 Å². The van der Waals surface area contributed by atoms with Crippen molar-refractivity contribution in [3.05, 3.63) is 0 Å². The third-order valence-corrected chi connectivity index (χ3v) is 5.17. The molecule has 0 aliphatic carbocycles. The van der Waals surface area contributed by atoms with Crippen LogP contribution in [0.1, 0.15) is 52.4 Å². The van der Waals surface area contributed by atoms with E-state index in [1.807, 2.05) is 0 Å². The number of rotatable bonds is 18. The number of primary amides is 1. The molecule has 0 aromatic rings. The Morgan fingerprint density at radius 2 is 1.24 bits per heavy atom. The standard InChI is InChI=1S/C21H38N8O8/c1-10(2)16(23)19(35)28-11(5-7-14(22)30)17(33)27-12(6-8-15(31)32)18(34)29-13(20(36)37)4-3-9-26-21(24)25/h10-13,16H,3-9,23H2,1-2H3,(H2,22,30)(H,27,33)(H,28,35)(H,29,34)(H,31,32)(H,36,37)(H4,24,25,26). The lowest BCUT2D eigenvalue weighted by Crippen LogP contribution is -2.57. The monoisotopic (exact) mass is 530 g/mol. The summed E-state index contributed by atoms with van der Waals surface area (Å²) in [5.74, 6) is -6.37. The second kappa shape index (κ2) is 16.7. The number of nitrogens with two attached hydrogens (primary N) is 4. The van der Waals surface area contributed by atoms with Gasteiger partial charge in [-0.1, -0.05) is 13.8 Å².